The summed E-state index contributed by atoms with van der Waals surface area (Å²) in [5.41, 5.74) is 7.69. The second-order valence-electron chi connectivity index (χ2n) is 3.17. The molecule has 0 aliphatic carbocycles. The number of benzene rings is 1. The van der Waals surface area contributed by atoms with E-state index in [4.69, 9.17) is 15.2 Å². The Kier molecular flexibility index (Phi) is 5.79. The summed E-state index contributed by atoms with van der Waals surface area (Å²) in [6.45, 7) is 2.61. The monoisotopic (exact) mass is 211 g/mol. The molecule has 0 aliphatic rings. The zero-order chi connectivity index (χ0) is 10.6. The Morgan fingerprint density at radius 1 is 1.13 bits per heavy atom. The highest BCUT2D eigenvalue weighted by molar-refractivity contribution is 5.46. The summed E-state index contributed by atoms with van der Waals surface area (Å²) < 4.78 is 10.5. The number of ether oxygens (including phenoxy) is 2. The first-order valence-corrected chi connectivity index (χ1v) is 4.64. The van der Waals surface area contributed by atoms with Crippen LogP contribution in [0.25, 0.3) is 0 Å². The molecule has 3 nitrogen and oxygen atoms in total. The highest BCUT2D eigenvalue weighted by atomic mass is 16.5. The van der Waals surface area contributed by atoms with Crippen LogP contribution in [0, 0.1) is 6.92 Å². The van der Waals surface area contributed by atoms with E-state index in [1.165, 1.54) is 0 Å². The number of hydrogen-bond acceptors (Lipinski definition) is 3. The molecule has 0 aliphatic heterocycles. The van der Waals surface area contributed by atoms with Gasteiger partial charge in [0.15, 0.2) is 0 Å². The molecule has 15 heavy (non-hydrogen) atoms. The fourth-order valence-corrected chi connectivity index (χ4v) is 1.46. The van der Waals surface area contributed by atoms with Crippen molar-refractivity contribution in [3.63, 3.8) is 0 Å². The van der Waals surface area contributed by atoms with E-state index >= 15 is 0 Å². The first-order valence-electron chi connectivity index (χ1n) is 4.64. The van der Waals surface area contributed by atoms with Gasteiger partial charge in [-0.2, -0.15) is 0 Å². The molecule has 0 fully saturated rings. The van der Waals surface area contributed by atoms with Gasteiger partial charge in [0.25, 0.3) is 0 Å². The summed E-state index contributed by atoms with van der Waals surface area (Å²) in [5.74, 6) is 1.77. The van der Waals surface area contributed by atoms with Gasteiger partial charge in [0.2, 0.25) is 0 Å². The maximum absolute atomic E-state index is 5.52. The Labute approximate surface area is 92.2 Å². The van der Waals surface area contributed by atoms with E-state index in [9.17, 15) is 0 Å². The lowest BCUT2D eigenvalue weighted by Crippen LogP contribution is -2.05. The summed E-state index contributed by atoms with van der Waals surface area (Å²) in [7, 11) is 3.34. The van der Waals surface area contributed by atoms with Gasteiger partial charge in [-0.3, -0.25) is 0 Å². The second kappa shape index (κ2) is 6.30. The van der Waals surface area contributed by atoms with Gasteiger partial charge in [-0.05, 0) is 43.1 Å². The van der Waals surface area contributed by atoms with Gasteiger partial charge >= 0.3 is 0 Å². The molecule has 0 unspecified atom stereocenters. The van der Waals surface area contributed by atoms with Crippen LogP contribution in [-0.4, -0.2) is 20.8 Å². The summed E-state index contributed by atoms with van der Waals surface area (Å²) in [6, 6.07) is 3.96. The Bertz CT molecular complexity index is 311. The smallest absolute Gasteiger partial charge is 0.122 e. The number of methoxy groups -OCH3 is 2. The minimum absolute atomic E-state index is 0. The quantitative estimate of drug-likeness (QED) is 0.830. The molecule has 86 valence electrons. The van der Waals surface area contributed by atoms with E-state index in [1.807, 2.05) is 19.1 Å². The van der Waals surface area contributed by atoms with Crippen molar-refractivity contribution >= 4 is 0 Å². The van der Waals surface area contributed by atoms with E-state index in [0.29, 0.717) is 6.54 Å². The van der Waals surface area contributed by atoms with Gasteiger partial charge in [-0.1, -0.05) is 7.43 Å². The Balaban J connectivity index is 0.00000196. The van der Waals surface area contributed by atoms with Crippen LogP contribution in [0.4, 0.5) is 0 Å². The maximum atomic E-state index is 5.52. The fraction of sp³-hybridized carbons (Fsp3) is 0.500. The molecule has 0 amide bonds. The van der Waals surface area contributed by atoms with Crippen LogP contribution in [0.1, 0.15) is 18.6 Å². The van der Waals surface area contributed by atoms with Gasteiger partial charge in [-0.15, -0.1) is 0 Å². The van der Waals surface area contributed by atoms with E-state index in [-0.39, 0.29) is 7.43 Å². The zero-order valence-electron chi connectivity index (χ0n) is 8.96. The second-order valence-corrected chi connectivity index (χ2v) is 3.17. The molecule has 3 heteroatoms. The highest BCUT2D eigenvalue weighted by Gasteiger charge is 2.07. The number of aryl methyl sites for hydroxylation is 1. The number of hydrogen-bond donors (Lipinski definition) is 1. The molecule has 0 radical (unpaired) electrons. The van der Waals surface area contributed by atoms with Crippen LogP contribution in [0.15, 0.2) is 12.1 Å². The molecule has 0 atom stereocenters. The van der Waals surface area contributed by atoms with Crippen LogP contribution >= 0.6 is 0 Å². The van der Waals surface area contributed by atoms with Crippen molar-refractivity contribution in [3.8, 4) is 11.5 Å². The number of rotatable bonds is 4. The van der Waals surface area contributed by atoms with Crippen molar-refractivity contribution < 1.29 is 9.47 Å². The van der Waals surface area contributed by atoms with E-state index in [1.54, 1.807) is 14.2 Å². The van der Waals surface area contributed by atoms with Crippen molar-refractivity contribution in [3.05, 3.63) is 23.3 Å². The molecule has 0 spiro atoms. The Morgan fingerprint density at radius 2 is 1.73 bits per heavy atom. The van der Waals surface area contributed by atoms with Crippen molar-refractivity contribution in [2.45, 2.75) is 20.8 Å². The third-order valence-electron chi connectivity index (χ3n) is 2.21. The van der Waals surface area contributed by atoms with Crippen LogP contribution < -0.4 is 15.2 Å². The molecule has 0 aromatic heterocycles. The first-order chi connectivity index (χ1) is 6.72. The van der Waals surface area contributed by atoms with Crippen LogP contribution in [0.3, 0.4) is 0 Å². The van der Waals surface area contributed by atoms with Crippen molar-refractivity contribution in [2.24, 2.45) is 5.73 Å². The average molecular weight is 211 g/mol. The standard InChI is InChI=1S/C11H17NO2.CH4/c1-8-6-11(14-3)9(4-5-12)7-10(8)13-2;/h6-7H,4-5,12H2,1-3H3;1H4. The minimum Gasteiger partial charge on any atom is -0.496 e. The van der Waals surface area contributed by atoms with Gasteiger partial charge in [0, 0.05) is 0 Å². The summed E-state index contributed by atoms with van der Waals surface area (Å²) in [6.07, 6.45) is 0.805. The molecule has 0 heterocycles. The Hall–Kier alpha value is -1.22. The predicted octanol–water partition coefficient (Wildman–Crippen LogP) is 2.15. The third-order valence-corrected chi connectivity index (χ3v) is 2.21. The topological polar surface area (TPSA) is 44.5 Å². The van der Waals surface area contributed by atoms with Crippen molar-refractivity contribution in [1.29, 1.82) is 0 Å². The van der Waals surface area contributed by atoms with Crippen LogP contribution in [0.2, 0.25) is 0 Å². The van der Waals surface area contributed by atoms with Crippen molar-refractivity contribution in [1.82, 2.24) is 0 Å². The predicted molar refractivity (Wildman–Crippen MR) is 63.8 cm³/mol. The van der Waals surface area contributed by atoms with Crippen LogP contribution in [0.5, 0.6) is 11.5 Å². The van der Waals surface area contributed by atoms with E-state index in [2.05, 4.69) is 0 Å². The molecule has 1 rings (SSSR count). The van der Waals surface area contributed by atoms with Gasteiger partial charge < -0.3 is 15.2 Å². The normalized spacial score (nSPS) is 9.33. The van der Waals surface area contributed by atoms with Crippen molar-refractivity contribution in [2.75, 3.05) is 20.8 Å². The molecule has 0 saturated heterocycles. The maximum Gasteiger partial charge on any atom is 0.122 e. The third kappa shape index (κ3) is 3.13. The number of nitrogens with two attached hydrogens (primary N) is 1. The first kappa shape index (κ1) is 13.8. The molecule has 1 aromatic carbocycles. The van der Waals surface area contributed by atoms with Crippen LogP contribution in [-0.2, 0) is 6.42 Å². The fourth-order valence-electron chi connectivity index (χ4n) is 1.46. The molecular weight excluding hydrogens is 190 g/mol. The lowest BCUT2D eigenvalue weighted by Gasteiger charge is -2.12. The molecule has 0 bridgehead atoms. The highest BCUT2D eigenvalue weighted by Crippen LogP contribution is 2.28. The minimum atomic E-state index is 0. The van der Waals surface area contributed by atoms with Gasteiger partial charge in [0.05, 0.1) is 14.2 Å². The molecule has 2 N–H and O–H groups in total. The van der Waals surface area contributed by atoms with Gasteiger partial charge in [0.1, 0.15) is 11.5 Å². The Morgan fingerprint density at radius 3 is 2.20 bits per heavy atom. The SMILES string of the molecule is C.COc1cc(CCN)c(OC)cc1C. The molecule has 0 saturated carbocycles. The zero-order valence-corrected chi connectivity index (χ0v) is 8.96. The summed E-state index contributed by atoms with van der Waals surface area (Å²) >= 11 is 0. The largest absolute Gasteiger partial charge is 0.496 e. The summed E-state index contributed by atoms with van der Waals surface area (Å²) in [4.78, 5) is 0. The lowest BCUT2D eigenvalue weighted by atomic mass is 10.1. The van der Waals surface area contributed by atoms with E-state index < -0.39 is 0 Å². The van der Waals surface area contributed by atoms with Gasteiger partial charge in [-0.25, -0.2) is 0 Å². The lowest BCUT2D eigenvalue weighted by molar-refractivity contribution is 0.396. The summed E-state index contributed by atoms with van der Waals surface area (Å²) in [5, 5.41) is 0. The molecular formula is C12H21NO2. The molecule has 1 aromatic rings. The van der Waals surface area contributed by atoms with E-state index in [0.717, 1.165) is 29.0 Å². The average Bonchev–Trinajstić information content (AvgIpc) is 2.20.